The Hall–Kier alpha value is -2.95. The molecular weight excluding hydrogens is 290 g/mol. The Morgan fingerprint density at radius 2 is 1.87 bits per heavy atom. The third-order valence-corrected chi connectivity index (χ3v) is 3.67. The molecule has 23 heavy (non-hydrogen) atoms. The average Bonchev–Trinajstić information content (AvgIpc) is 2.57. The molecule has 0 spiro atoms. The molecule has 5 nitrogen and oxygen atoms in total. The van der Waals surface area contributed by atoms with Gasteiger partial charge < -0.3 is 4.90 Å². The summed E-state index contributed by atoms with van der Waals surface area (Å²) in [5.74, 6) is -0.303. The van der Waals surface area contributed by atoms with Crippen molar-refractivity contribution >= 4 is 16.9 Å². The summed E-state index contributed by atoms with van der Waals surface area (Å²) < 4.78 is 1.56. The number of hydrogen-bond acceptors (Lipinski definition) is 3. The van der Waals surface area contributed by atoms with Crippen LogP contribution in [-0.2, 0) is 6.54 Å². The van der Waals surface area contributed by atoms with Crippen LogP contribution in [0.4, 0.5) is 0 Å². The highest BCUT2D eigenvalue weighted by Gasteiger charge is 2.17. The molecule has 0 unspecified atom stereocenters. The molecule has 0 saturated heterocycles. The number of benzene rings is 1. The van der Waals surface area contributed by atoms with Crippen LogP contribution in [0.1, 0.15) is 15.9 Å². The molecule has 0 atom stereocenters. The van der Waals surface area contributed by atoms with E-state index in [0.29, 0.717) is 12.2 Å². The average molecular weight is 307 g/mol. The number of aromatic nitrogens is 2. The highest BCUT2D eigenvalue weighted by molar-refractivity contribution is 5.96. The first-order valence-electron chi connectivity index (χ1n) is 7.32. The second kappa shape index (κ2) is 6.04. The Bertz CT molecular complexity index is 914. The van der Waals surface area contributed by atoms with E-state index < -0.39 is 0 Å². The Morgan fingerprint density at radius 1 is 1.13 bits per heavy atom. The van der Waals surface area contributed by atoms with Crippen molar-refractivity contribution in [1.29, 1.82) is 0 Å². The minimum atomic E-state index is -0.321. The van der Waals surface area contributed by atoms with E-state index in [1.807, 2.05) is 36.4 Å². The lowest BCUT2D eigenvalue weighted by molar-refractivity contribution is 0.0825. The number of rotatable bonds is 3. The van der Waals surface area contributed by atoms with Gasteiger partial charge in [0.15, 0.2) is 0 Å². The van der Waals surface area contributed by atoms with E-state index >= 15 is 0 Å². The highest BCUT2D eigenvalue weighted by Crippen LogP contribution is 2.13. The van der Waals surface area contributed by atoms with Crippen molar-refractivity contribution in [3.8, 4) is 0 Å². The van der Waals surface area contributed by atoms with Gasteiger partial charge in [-0.3, -0.25) is 14.2 Å². The largest absolute Gasteiger partial charge is 0.345 e. The minimum Gasteiger partial charge on any atom is -0.345 e. The van der Waals surface area contributed by atoms with Crippen LogP contribution >= 0.6 is 0 Å². The van der Waals surface area contributed by atoms with Gasteiger partial charge in [0.1, 0.15) is 11.2 Å². The second-order valence-electron chi connectivity index (χ2n) is 5.55. The zero-order valence-electron chi connectivity index (χ0n) is 13.1. The summed E-state index contributed by atoms with van der Waals surface area (Å²) in [6.45, 7) is 0.377. The highest BCUT2D eigenvalue weighted by atomic mass is 16.2. The van der Waals surface area contributed by atoms with Gasteiger partial charge in [0.25, 0.3) is 11.5 Å². The molecule has 2 aromatic heterocycles. The second-order valence-corrected chi connectivity index (χ2v) is 5.55. The number of amides is 1. The van der Waals surface area contributed by atoms with Crippen LogP contribution in [0.15, 0.2) is 59.5 Å². The molecule has 0 fully saturated rings. The number of carbonyl (C=O) groups is 1. The Morgan fingerprint density at radius 3 is 2.57 bits per heavy atom. The smallest absolute Gasteiger partial charge is 0.265 e. The third kappa shape index (κ3) is 2.85. The Kier molecular flexibility index (Phi) is 3.93. The van der Waals surface area contributed by atoms with Crippen LogP contribution in [0.2, 0.25) is 0 Å². The van der Waals surface area contributed by atoms with Gasteiger partial charge in [0.05, 0.1) is 6.54 Å². The molecule has 0 bridgehead atoms. The normalized spacial score (nSPS) is 10.7. The lowest BCUT2D eigenvalue weighted by Crippen LogP contribution is -2.33. The molecule has 5 heteroatoms. The summed E-state index contributed by atoms with van der Waals surface area (Å²) in [6.07, 6.45) is 1.65. The number of fused-ring (bicyclic) bond motifs is 1. The fraction of sp³-hybridized carbons (Fsp3) is 0.167. The summed E-state index contributed by atoms with van der Waals surface area (Å²) >= 11 is 0. The molecule has 0 aliphatic carbocycles. The van der Waals surface area contributed by atoms with E-state index in [1.165, 1.54) is 4.90 Å². The van der Waals surface area contributed by atoms with E-state index in [4.69, 9.17) is 0 Å². The van der Waals surface area contributed by atoms with Crippen LogP contribution in [0.25, 0.3) is 11.0 Å². The Balaban J connectivity index is 2.24. The van der Waals surface area contributed by atoms with E-state index in [-0.39, 0.29) is 17.0 Å². The molecule has 0 N–H and O–H groups in total. The lowest BCUT2D eigenvalue weighted by atomic mass is 10.1. The lowest BCUT2D eigenvalue weighted by Gasteiger charge is -2.14. The zero-order chi connectivity index (χ0) is 16.4. The minimum absolute atomic E-state index is 0.159. The maximum absolute atomic E-state index is 12.8. The molecule has 2 heterocycles. The molecule has 3 rings (SSSR count). The monoisotopic (exact) mass is 307 g/mol. The first-order valence-corrected chi connectivity index (χ1v) is 7.32. The first-order chi connectivity index (χ1) is 11.1. The van der Waals surface area contributed by atoms with Crippen LogP contribution in [0.5, 0.6) is 0 Å². The van der Waals surface area contributed by atoms with Gasteiger partial charge in [-0.1, -0.05) is 30.3 Å². The number of pyridine rings is 2. The van der Waals surface area contributed by atoms with E-state index in [2.05, 4.69) is 4.98 Å². The Labute approximate surface area is 133 Å². The topological polar surface area (TPSA) is 55.2 Å². The maximum Gasteiger partial charge on any atom is 0.265 e. The van der Waals surface area contributed by atoms with Crippen LogP contribution in [0.3, 0.4) is 0 Å². The molecule has 1 amide bonds. The molecule has 116 valence electrons. The molecule has 3 aromatic rings. The van der Waals surface area contributed by atoms with E-state index in [9.17, 15) is 9.59 Å². The third-order valence-electron chi connectivity index (χ3n) is 3.67. The van der Waals surface area contributed by atoms with Gasteiger partial charge in [-0.2, -0.15) is 0 Å². The first kappa shape index (κ1) is 15.0. The maximum atomic E-state index is 12.8. The van der Waals surface area contributed by atoms with Crippen molar-refractivity contribution < 1.29 is 4.79 Å². The predicted octanol–water partition coefficient (Wildman–Crippen LogP) is 2.15. The molecule has 1 aromatic carbocycles. The fourth-order valence-electron chi connectivity index (χ4n) is 2.51. The van der Waals surface area contributed by atoms with Gasteiger partial charge >= 0.3 is 0 Å². The van der Waals surface area contributed by atoms with Crippen molar-refractivity contribution in [3.05, 3.63) is 76.2 Å². The van der Waals surface area contributed by atoms with Crippen molar-refractivity contribution in [1.82, 2.24) is 14.5 Å². The molecule has 0 aliphatic rings. The zero-order valence-corrected chi connectivity index (χ0v) is 13.1. The fourth-order valence-corrected chi connectivity index (χ4v) is 2.51. The van der Waals surface area contributed by atoms with Crippen LogP contribution in [-0.4, -0.2) is 34.5 Å². The summed E-state index contributed by atoms with van der Waals surface area (Å²) in [7, 11) is 3.27. The SMILES string of the molecule is CN(C)C(=O)c1cc2cccnc2n(Cc2ccccc2)c1=O. The van der Waals surface area contributed by atoms with Crippen molar-refractivity contribution in [2.45, 2.75) is 6.54 Å². The number of hydrogen-bond donors (Lipinski definition) is 0. The number of carbonyl (C=O) groups excluding carboxylic acids is 1. The van der Waals surface area contributed by atoms with E-state index in [1.54, 1.807) is 37.0 Å². The predicted molar refractivity (Wildman–Crippen MR) is 89.6 cm³/mol. The van der Waals surface area contributed by atoms with E-state index in [0.717, 1.165) is 10.9 Å². The van der Waals surface area contributed by atoms with Crippen molar-refractivity contribution in [2.75, 3.05) is 14.1 Å². The van der Waals surface area contributed by atoms with Crippen molar-refractivity contribution in [2.24, 2.45) is 0 Å². The number of nitrogens with zero attached hydrogens (tertiary/aromatic N) is 3. The molecule has 0 saturated carbocycles. The summed E-state index contributed by atoms with van der Waals surface area (Å²) in [5.41, 5.74) is 1.40. The molecule has 0 aliphatic heterocycles. The van der Waals surface area contributed by atoms with Crippen LogP contribution in [0, 0.1) is 0 Å². The summed E-state index contributed by atoms with van der Waals surface area (Å²) in [5, 5.41) is 0.772. The standard InChI is InChI=1S/C18H17N3O2/c1-20(2)17(22)15-11-14-9-6-10-19-16(14)21(18(15)23)12-13-7-4-3-5-8-13/h3-11H,12H2,1-2H3. The summed E-state index contributed by atoms with van der Waals surface area (Å²) in [4.78, 5) is 30.8. The summed E-state index contributed by atoms with van der Waals surface area (Å²) in [6, 6.07) is 14.9. The van der Waals surface area contributed by atoms with Gasteiger partial charge in [0, 0.05) is 25.7 Å². The molecule has 0 radical (unpaired) electrons. The van der Waals surface area contributed by atoms with Gasteiger partial charge in [-0.15, -0.1) is 0 Å². The van der Waals surface area contributed by atoms with Gasteiger partial charge in [-0.25, -0.2) is 4.98 Å². The quantitative estimate of drug-likeness (QED) is 0.745. The van der Waals surface area contributed by atoms with Gasteiger partial charge in [-0.05, 0) is 23.8 Å². The molecular formula is C18H17N3O2. The van der Waals surface area contributed by atoms with Gasteiger partial charge in [0.2, 0.25) is 0 Å². The van der Waals surface area contributed by atoms with Crippen LogP contribution < -0.4 is 5.56 Å². The van der Waals surface area contributed by atoms with Crippen molar-refractivity contribution in [3.63, 3.8) is 0 Å².